The van der Waals surface area contributed by atoms with Crippen molar-refractivity contribution in [1.82, 2.24) is 9.55 Å². The first-order valence-corrected chi connectivity index (χ1v) is 13.0. The van der Waals surface area contributed by atoms with Crippen LogP contribution in [0.3, 0.4) is 0 Å². The number of imidazole rings is 1. The number of benzene rings is 3. The summed E-state index contributed by atoms with van der Waals surface area (Å²) in [5, 5.41) is 0. The number of anilines is 1. The van der Waals surface area contributed by atoms with Gasteiger partial charge in [-0.25, -0.2) is 4.98 Å². The number of halogens is 1. The fraction of sp³-hybridized carbons (Fsp3) is 0.310. The van der Waals surface area contributed by atoms with Crippen molar-refractivity contribution in [2.45, 2.75) is 45.6 Å². The topological polar surface area (TPSA) is 47.4 Å². The highest BCUT2D eigenvalue weighted by molar-refractivity contribution is 9.10. The van der Waals surface area contributed by atoms with Gasteiger partial charge in [-0.3, -0.25) is 4.79 Å². The predicted molar refractivity (Wildman–Crippen MR) is 144 cm³/mol. The Morgan fingerprint density at radius 3 is 2.49 bits per heavy atom. The van der Waals surface area contributed by atoms with E-state index in [1.165, 1.54) is 11.1 Å². The monoisotopic (exact) mass is 531 g/mol. The van der Waals surface area contributed by atoms with E-state index in [9.17, 15) is 4.79 Å². The van der Waals surface area contributed by atoms with Crippen LogP contribution in [0.15, 0.2) is 71.2 Å². The molecule has 1 aliphatic heterocycles. The molecule has 1 amide bonds. The molecular weight excluding hydrogens is 502 g/mol. The van der Waals surface area contributed by atoms with E-state index in [-0.39, 0.29) is 11.8 Å². The van der Waals surface area contributed by atoms with Gasteiger partial charge in [0.2, 0.25) is 5.91 Å². The van der Waals surface area contributed by atoms with Gasteiger partial charge in [0.1, 0.15) is 11.6 Å². The van der Waals surface area contributed by atoms with E-state index in [0.717, 1.165) is 52.2 Å². The minimum Gasteiger partial charge on any atom is -0.493 e. The second-order valence-corrected chi connectivity index (χ2v) is 10.2. The first kappa shape index (κ1) is 23.6. The molecule has 1 saturated heterocycles. The standard InChI is InChI=1S/C29H30BrN3O2/c1-20-8-7-9-21(2)28(20)35-17-6-5-16-32-26-11-4-3-10-25(26)31-29(32)22-18-27(34)33(19-22)24-14-12-23(30)13-15-24/h3-4,7-15,22H,5-6,16-19H2,1-2H3. The van der Waals surface area contributed by atoms with Gasteiger partial charge in [0, 0.05) is 35.6 Å². The van der Waals surface area contributed by atoms with Crippen LogP contribution in [0.4, 0.5) is 5.69 Å². The molecule has 1 atom stereocenters. The van der Waals surface area contributed by atoms with Gasteiger partial charge in [0.25, 0.3) is 0 Å². The Kier molecular flexibility index (Phi) is 6.91. The molecule has 180 valence electrons. The molecule has 1 aromatic heterocycles. The van der Waals surface area contributed by atoms with Crippen molar-refractivity contribution in [2.24, 2.45) is 0 Å². The third-order valence-corrected chi connectivity index (χ3v) is 7.27. The molecule has 1 fully saturated rings. The minimum atomic E-state index is 0.0735. The number of hydrogen-bond acceptors (Lipinski definition) is 3. The average molecular weight is 532 g/mol. The summed E-state index contributed by atoms with van der Waals surface area (Å²) in [7, 11) is 0. The number of aromatic nitrogens is 2. The number of hydrogen-bond donors (Lipinski definition) is 0. The third-order valence-electron chi connectivity index (χ3n) is 6.74. The van der Waals surface area contributed by atoms with Gasteiger partial charge in [0.05, 0.1) is 17.6 Å². The maximum atomic E-state index is 12.9. The quantitative estimate of drug-likeness (QED) is 0.235. The van der Waals surface area contributed by atoms with Crippen LogP contribution < -0.4 is 9.64 Å². The molecule has 3 aromatic carbocycles. The number of amides is 1. The molecule has 5 rings (SSSR count). The maximum absolute atomic E-state index is 12.9. The number of para-hydroxylation sites is 3. The van der Waals surface area contributed by atoms with Crippen LogP contribution in [-0.2, 0) is 11.3 Å². The zero-order valence-electron chi connectivity index (χ0n) is 20.2. The van der Waals surface area contributed by atoms with Crippen molar-refractivity contribution >= 4 is 38.6 Å². The summed E-state index contributed by atoms with van der Waals surface area (Å²) >= 11 is 3.48. The first-order valence-electron chi connectivity index (χ1n) is 12.2. The Labute approximate surface area is 214 Å². The largest absolute Gasteiger partial charge is 0.493 e. The van der Waals surface area contributed by atoms with E-state index in [4.69, 9.17) is 9.72 Å². The summed E-state index contributed by atoms with van der Waals surface area (Å²) < 4.78 is 9.43. The lowest BCUT2D eigenvalue weighted by Gasteiger charge is -2.18. The van der Waals surface area contributed by atoms with Crippen molar-refractivity contribution in [2.75, 3.05) is 18.1 Å². The Balaban J connectivity index is 1.30. The predicted octanol–water partition coefficient (Wildman–Crippen LogP) is 6.80. The van der Waals surface area contributed by atoms with Gasteiger partial charge in [-0.1, -0.05) is 46.3 Å². The number of aryl methyl sites for hydroxylation is 3. The van der Waals surface area contributed by atoms with E-state index in [1.54, 1.807) is 0 Å². The summed E-state index contributed by atoms with van der Waals surface area (Å²) in [4.78, 5) is 19.8. The number of nitrogens with zero attached hydrogens (tertiary/aromatic N) is 3. The Bertz CT molecular complexity index is 1330. The number of carbonyl (C=O) groups is 1. The van der Waals surface area contributed by atoms with Crippen LogP contribution >= 0.6 is 15.9 Å². The lowest BCUT2D eigenvalue weighted by molar-refractivity contribution is -0.117. The second-order valence-electron chi connectivity index (χ2n) is 9.27. The Hall–Kier alpha value is -3.12. The molecular formula is C29H30BrN3O2. The molecule has 0 N–H and O–H groups in total. The van der Waals surface area contributed by atoms with E-state index in [1.807, 2.05) is 35.2 Å². The average Bonchev–Trinajstić information content (AvgIpc) is 3.41. The third kappa shape index (κ3) is 4.98. The van der Waals surface area contributed by atoms with Crippen LogP contribution in [0.25, 0.3) is 11.0 Å². The fourth-order valence-electron chi connectivity index (χ4n) is 4.96. The lowest BCUT2D eigenvalue weighted by atomic mass is 10.1. The van der Waals surface area contributed by atoms with Crippen molar-refractivity contribution < 1.29 is 9.53 Å². The molecule has 35 heavy (non-hydrogen) atoms. The van der Waals surface area contributed by atoms with E-state index < -0.39 is 0 Å². The summed E-state index contributed by atoms with van der Waals surface area (Å²) in [6.07, 6.45) is 2.42. The molecule has 0 spiro atoms. The van der Waals surface area contributed by atoms with Gasteiger partial charge in [-0.05, 0) is 74.2 Å². The van der Waals surface area contributed by atoms with Crippen LogP contribution in [0.1, 0.15) is 42.1 Å². The zero-order valence-corrected chi connectivity index (χ0v) is 21.8. The molecule has 2 heterocycles. The molecule has 0 bridgehead atoms. The number of unbranched alkanes of at least 4 members (excludes halogenated alkanes) is 1. The lowest BCUT2D eigenvalue weighted by Crippen LogP contribution is -2.24. The Morgan fingerprint density at radius 2 is 1.71 bits per heavy atom. The number of rotatable bonds is 8. The smallest absolute Gasteiger partial charge is 0.227 e. The van der Waals surface area contributed by atoms with E-state index in [2.05, 4.69) is 70.7 Å². The number of fused-ring (bicyclic) bond motifs is 1. The summed E-state index contributed by atoms with van der Waals surface area (Å²) in [6, 6.07) is 22.4. The summed E-state index contributed by atoms with van der Waals surface area (Å²) in [5.74, 6) is 2.23. The van der Waals surface area contributed by atoms with Crippen LogP contribution in [0.5, 0.6) is 5.75 Å². The molecule has 0 saturated carbocycles. The van der Waals surface area contributed by atoms with Crippen molar-refractivity contribution in [3.05, 3.63) is 88.2 Å². The molecule has 1 unspecified atom stereocenters. The highest BCUT2D eigenvalue weighted by Crippen LogP contribution is 2.34. The van der Waals surface area contributed by atoms with Gasteiger partial charge in [0.15, 0.2) is 0 Å². The number of ether oxygens (including phenoxy) is 1. The SMILES string of the molecule is Cc1cccc(C)c1OCCCCn1c(C2CC(=O)N(c3ccc(Br)cc3)C2)nc2ccccc21. The van der Waals surface area contributed by atoms with Crippen LogP contribution in [0.2, 0.25) is 0 Å². The van der Waals surface area contributed by atoms with Gasteiger partial charge >= 0.3 is 0 Å². The zero-order chi connectivity index (χ0) is 24.4. The summed E-state index contributed by atoms with van der Waals surface area (Å²) in [6.45, 7) is 6.38. The van der Waals surface area contributed by atoms with Gasteiger partial charge < -0.3 is 14.2 Å². The molecule has 5 nitrogen and oxygen atoms in total. The Morgan fingerprint density at radius 1 is 0.971 bits per heavy atom. The van der Waals surface area contributed by atoms with E-state index in [0.29, 0.717) is 19.6 Å². The van der Waals surface area contributed by atoms with Crippen LogP contribution in [0, 0.1) is 13.8 Å². The van der Waals surface area contributed by atoms with Crippen molar-refractivity contribution in [3.8, 4) is 5.75 Å². The maximum Gasteiger partial charge on any atom is 0.227 e. The minimum absolute atomic E-state index is 0.0735. The summed E-state index contributed by atoms with van der Waals surface area (Å²) in [5.41, 5.74) is 5.41. The molecule has 4 aromatic rings. The normalized spacial score (nSPS) is 15.8. The highest BCUT2D eigenvalue weighted by atomic mass is 79.9. The van der Waals surface area contributed by atoms with Crippen LogP contribution in [-0.4, -0.2) is 28.6 Å². The molecule has 1 aliphatic rings. The molecule has 0 aliphatic carbocycles. The first-order chi connectivity index (χ1) is 17.0. The second kappa shape index (κ2) is 10.2. The van der Waals surface area contributed by atoms with Crippen molar-refractivity contribution in [3.63, 3.8) is 0 Å². The molecule has 6 heteroatoms. The fourth-order valence-corrected chi connectivity index (χ4v) is 5.23. The number of carbonyl (C=O) groups excluding carboxylic acids is 1. The van der Waals surface area contributed by atoms with Gasteiger partial charge in [-0.15, -0.1) is 0 Å². The molecule has 0 radical (unpaired) electrons. The van der Waals surface area contributed by atoms with Crippen molar-refractivity contribution in [1.29, 1.82) is 0 Å². The van der Waals surface area contributed by atoms with E-state index >= 15 is 0 Å². The van der Waals surface area contributed by atoms with Gasteiger partial charge in [-0.2, -0.15) is 0 Å². The highest BCUT2D eigenvalue weighted by Gasteiger charge is 2.34.